The number of benzene rings is 1. The van der Waals surface area contributed by atoms with E-state index >= 15 is 0 Å². The average molecular weight is 429 g/mol. The Labute approximate surface area is 182 Å². The third-order valence-corrected chi connectivity index (χ3v) is 6.14. The molecule has 2 aromatic rings. The Balaban J connectivity index is 1.40. The van der Waals surface area contributed by atoms with Crippen molar-refractivity contribution in [1.82, 2.24) is 19.3 Å². The van der Waals surface area contributed by atoms with E-state index in [2.05, 4.69) is 4.90 Å². The number of aromatic nitrogens is 1. The normalized spacial score (nSPS) is 17.8. The predicted octanol–water partition coefficient (Wildman–Crippen LogP) is 1.85. The van der Waals surface area contributed by atoms with Crippen LogP contribution in [-0.2, 0) is 9.53 Å². The molecule has 0 saturated carbocycles. The summed E-state index contributed by atoms with van der Waals surface area (Å²) < 4.78 is 21.4. The van der Waals surface area contributed by atoms with Crippen LogP contribution in [0.5, 0.6) is 0 Å². The molecule has 7 nitrogen and oxygen atoms in total. The van der Waals surface area contributed by atoms with E-state index in [1.165, 1.54) is 6.07 Å². The van der Waals surface area contributed by atoms with Gasteiger partial charge in [0, 0.05) is 50.7 Å². The van der Waals surface area contributed by atoms with Crippen molar-refractivity contribution < 1.29 is 18.7 Å². The largest absolute Gasteiger partial charge is 0.379 e. The van der Waals surface area contributed by atoms with Crippen LogP contribution in [0.1, 0.15) is 21.7 Å². The number of halogens is 1. The van der Waals surface area contributed by atoms with Crippen molar-refractivity contribution in [1.29, 1.82) is 0 Å². The van der Waals surface area contributed by atoms with E-state index in [1.807, 2.05) is 24.8 Å². The number of ether oxygens (including phenoxy) is 1. The van der Waals surface area contributed by atoms with Gasteiger partial charge in [0.1, 0.15) is 5.82 Å². The minimum absolute atomic E-state index is 0.0732. The number of nitrogens with zero attached hydrogens (tertiary/aromatic N) is 4. The van der Waals surface area contributed by atoms with Crippen molar-refractivity contribution in [2.75, 3.05) is 59.0 Å². The number of carbonyl (C=O) groups excluding carboxylic acids is 2. The number of morpholine rings is 1. The lowest BCUT2D eigenvalue weighted by Crippen LogP contribution is -2.53. The maximum atomic E-state index is 14.3. The molecule has 0 unspecified atom stereocenters. The second-order valence-corrected chi connectivity index (χ2v) is 8.13. The standard InChI is InChI=1S/C23H29FN4O3/c1-17-15-19(18(2)28(17)21-6-4-3-5-20(21)24)23(30)27-9-7-26(8-10-27)22(29)16-25-11-13-31-14-12-25/h3-6,15H,7-14,16H2,1-2H3. The molecule has 3 heterocycles. The van der Waals surface area contributed by atoms with Crippen LogP contribution >= 0.6 is 0 Å². The zero-order valence-electron chi connectivity index (χ0n) is 18.1. The number of para-hydroxylation sites is 1. The van der Waals surface area contributed by atoms with E-state index in [4.69, 9.17) is 4.74 Å². The van der Waals surface area contributed by atoms with Gasteiger partial charge in [0.15, 0.2) is 0 Å². The van der Waals surface area contributed by atoms with Gasteiger partial charge in [-0.2, -0.15) is 0 Å². The van der Waals surface area contributed by atoms with Crippen LogP contribution in [0.4, 0.5) is 4.39 Å². The molecule has 31 heavy (non-hydrogen) atoms. The molecule has 0 atom stereocenters. The molecule has 8 heteroatoms. The topological polar surface area (TPSA) is 58.0 Å². The SMILES string of the molecule is Cc1cc(C(=O)N2CCN(C(=O)CN3CCOCC3)CC2)c(C)n1-c1ccccc1F. The first-order chi connectivity index (χ1) is 15.0. The van der Waals surface area contributed by atoms with Gasteiger partial charge >= 0.3 is 0 Å². The highest BCUT2D eigenvalue weighted by molar-refractivity contribution is 5.96. The summed E-state index contributed by atoms with van der Waals surface area (Å²) in [7, 11) is 0. The molecule has 0 radical (unpaired) electrons. The van der Waals surface area contributed by atoms with Gasteiger partial charge in [-0.05, 0) is 32.0 Å². The molecule has 166 valence electrons. The van der Waals surface area contributed by atoms with Crippen LogP contribution in [0.25, 0.3) is 5.69 Å². The van der Waals surface area contributed by atoms with Crippen LogP contribution in [0.2, 0.25) is 0 Å². The Bertz CT molecular complexity index is 960. The lowest BCUT2D eigenvalue weighted by molar-refractivity contribution is -0.134. The van der Waals surface area contributed by atoms with Crippen molar-refractivity contribution in [3.8, 4) is 5.69 Å². The molecule has 1 aromatic heterocycles. The van der Waals surface area contributed by atoms with E-state index < -0.39 is 0 Å². The molecule has 1 aromatic carbocycles. The second-order valence-electron chi connectivity index (χ2n) is 8.13. The van der Waals surface area contributed by atoms with E-state index in [1.54, 1.807) is 27.7 Å². The number of amides is 2. The first-order valence-electron chi connectivity index (χ1n) is 10.8. The number of rotatable bonds is 4. The van der Waals surface area contributed by atoms with Gasteiger partial charge in [0.2, 0.25) is 5.91 Å². The van der Waals surface area contributed by atoms with E-state index in [0.717, 1.165) is 24.5 Å². The zero-order valence-corrected chi connectivity index (χ0v) is 18.1. The third kappa shape index (κ3) is 4.50. The van der Waals surface area contributed by atoms with Gasteiger partial charge in [-0.3, -0.25) is 14.5 Å². The van der Waals surface area contributed by atoms with Crippen LogP contribution in [0, 0.1) is 19.7 Å². The van der Waals surface area contributed by atoms with Crippen LogP contribution in [0.3, 0.4) is 0 Å². The number of hydrogen-bond donors (Lipinski definition) is 0. The summed E-state index contributed by atoms with van der Waals surface area (Å²) in [6, 6.07) is 8.39. The van der Waals surface area contributed by atoms with Gasteiger partial charge in [0.25, 0.3) is 5.91 Å². The zero-order chi connectivity index (χ0) is 22.0. The average Bonchev–Trinajstić information content (AvgIpc) is 3.08. The molecule has 2 aliphatic rings. The monoisotopic (exact) mass is 428 g/mol. The van der Waals surface area contributed by atoms with Gasteiger partial charge in [-0.15, -0.1) is 0 Å². The maximum absolute atomic E-state index is 14.3. The van der Waals surface area contributed by atoms with Gasteiger partial charge in [0.05, 0.1) is 31.0 Å². The number of aryl methyl sites for hydroxylation is 1. The Morgan fingerprint density at radius 1 is 0.968 bits per heavy atom. The van der Waals surface area contributed by atoms with Crippen molar-refractivity contribution in [3.05, 3.63) is 53.1 Å². The van der Waals surface area contributed by atoms with Crippen molar-refractivity contribution in [3.63, 3.8) is 0 Å². The molecule has 0 bridgehead atoms. The number of carbonyl (C=O) groups is 2. The highest BCUT2D eigenvalue weighted by atomic mass is 19.1. The first-order valence-corrected chi connectivity index (χ1v) is 10.8. The molecule has 0 aliphatic carbocycles. The fourth-order valence-corrected chi connectivity index (χ4v) is 4.36. The molecule has 2 aliphatic heterocycles. The fraction of sp³-hybridized carbons (Fsp3) is 0.478. The molecular formula is C23H29FN4O3. The predicted molar refractivity (Wildman–Crippen MR) is 115 cm³/mol. The summed E-state index contributed by atoms with van der Waals surface area (Å²) in [6.07, 6.45) is 0. The van der Waals surface area contributed by atoms with E-state index in [0.29, 0.717) is 57.2 Å². The minimum Gasteiger partial charge on any atom is -0.379 e. The van der Waals surface area contributed by atoms with E-state index in [9.17, 15) is 14.0 Å². The minimum atomic E-state index is -0.323. The van der Waals surface area contributed by atoms with Crippen molar-refractivity contribution >= 4 is 11.8 Å². The summed E-state index contributed by atoms with van der Waals surface area (Å²) >= 11 is 0. The van der Waals surface area contributed by atoms with Crippen LogP contribution in [0.15, 0.2) is 30.3 Å². The van der Waals surface area contributed by atoms with Crippen molar-refractivity contribution in [2.45, 2.75) is 13.8 Å². The Morgan fingerprint density at radius 2 is 1.61 bits per heavy atom. The number of piperazine rings is 1. The summed E-state index contributed by atoms with van der Waals surface area (Å²) in [5.41, 5.74) is 2.55. The lowest BCUT2D eigenvalue weighted by Gasteiger charge is -2.36. The van der Waals surface area contributed by atoms with Crippen LogP contribution < -0.4 is 0 Å². The second kappa shape index (κ2) is 9.20. The van der Waals surface area contributed by atoms with Gasteiger partial charge < -0.3 is 19.1 Å². The van der Waals surface area contributed by atoms with Crippen LogP contribution in [-0.4, -0.2) is 90.1 Å². The summed E-state index contributed by atoms with van der Waals surface area (Å²) in [6.45, 7) is 9.07. The molecule has 2 saturated heterocycles. The first kappa shape index (κ1) is 21.5. The Kier molecular flexibility index (Phi) is 6.38. The highest BCUT2D eigenvalue weighted by Gasteiger charge is 2.28. The van der Waals surface area contributed by atoms with Crippen molar-refractivity contribution in [2.24, 2.45) is 0 Å². The summed E-state index contributed by atoms with van der Waals surface area (Å²) in [4.78, 5) is 31.5. The summed E-state index contributed by atoms with van der Waals surface area (Å²) in [5, 5.41) is 0. The fourth-order valence-electron chi connectivity index (χ4n) is 4.36. The van der Waals surface area contributed by atoms with Gasteiger partial charge in [-0.25, -0.2) is 4.39 Å². The Hall–Kier alpha value is -2.71. The van der Waals surface area contributed by atoms with E-state index in [-0.39, 0.29) is 17.6 Å². The molecule has 4 rings (SSSR count). The Morgan fingerprint density at radius 3 is 2.29 bits per heavy atom. The number of hydrogen-bond acceptors (Lipinski definition) is 4. The highest BCUT2D eigenvalue weighted by Crippen LogP contribution is 2.24. The molecule has 0 N–H and O–H groups in total. The third-order valence-electron chi connectivity index (χ3n) is 6.14. The molecule has 2 amide bonds. The molecular weight excluding hydrogens is 399 g/mol. The van der Waals surface area contributed by atoms with Gasteiger partial charge in [-0.1, -0.05) is 12.1 Å². The smallest absolute Gasteiger partial charge is 0.255 e. The summed E-state index contributed by atoms with van der Waals surface area (Å²) in [5.74, 6) is -0.293. The quantitative estimate of drug-likeness (QED) is 0.746. The molecule has 0 spiro atoms. The molecule has 2 fully saturated rings. The lowest BCUT2D eigenvalue weighted by atomic mass is 10.2. The maximum Gasteiger partial charge on any atom is 0.255 e.